The normalized spacial score (nSPS) is 10.3. The molecule has 0 unspecified atom stereocenters. The minimum absolute atomic E-state index is 0.129. The Balaban J connectivity index is 2.72. The zero-order valence-corrected chi connectivity index (χ0v) is 13.6. The van der Waals surface area contributed by atoms with E-state index in [0.29, 0.717) is 31.9 Å². The van der Waals surface area contributed by atoms with Gasteiger partial charge in [0.2, 0.25) is 5.91 Å². The summed E-state index contributed by atoms with van der Waals surface area (Å²) in [5, 5.41) is 22.9. The van der Waals surface area contributed by atoms with Crippen molar-refractivity contribution in [1.82, 2.24) is 5.32 Å². The maximum atomic E-state index is 11.4. The van der Waals surface area contributed by atoms with Crippen molar-refractivity contribution in [2.24, 2.45) is 5.73 Å². The van der Waals surface area contributed by atoms with Gasteiger partial charge in [-0.15, -0.1) is 0 Å². The number of rotatable bonds is 11. The van der Waals surface area contributed by atoms with Crippen LogP contribution in [0.2, 0.25) is 0 Å². The number of hydrogen-bond donors (Lipinski definition) is 3. The van der Waals surface area contributed by atoms with E-state index in [1.165, 1.54) is 12.1 Å². The zero-order chi connectivity index (χ0) is 17.9. The van der Waals surface area contributed by atoms with Crippen LogP contribution in [0, 0.1) is 10.1 Å². The molecule has 0 aromatic heterocycles. The highest BCUT2D eigenvalue weighted by Gasteiger charge is 2.19. The van der Waals surface area contributed by atoms with E-state index in [4.69, 9.17) is 15.2 Å². The van der Waals surface area contributed by atoms with Crippen molar-refractivity contribution in [3.05, 3.63) is 27.8 Å². The van der Waals surface area contributed by atoms with Crippen molar-refractivity contribution in [3.63, 3.8) is 0 Å². The molecule has 4 N–H and O–H groups in total. The third kappa shape index (κ3) is 6.01. The molecule has 0 saturated carbocycles. The van der Waals surface area contributed by atoms with Crippen LogP contribution < -0.4 is 20.5 Å². The second-order valence-electron chi connectivity index (χ2n) is 4.87. The Bertz CT molecular complexity index is 564. The number of aliphatic hydroxyl groups excluding tert-OH is 1. The molecule has 0 aliphatic heterocycles. The van der Waals surface area contributed by atoms with E-state index in [1.54, 1.807) is 6.92 Å². The van der Waals surface area contributed by atoms with E-state index in [2.05, 4.69) is 5.32 Å². The highest BCUT2D eigenvalue weighted by Crippen LogP contribution is 2.35. The van der Waals surface area contributed by atoms with E-state index >= 15 is 0 Å². The molecule has 0 fully saturated rings. The summed E-state index contributed by atoms with van der Waals surface area (Å²) >= 11 is 0. The van der Waals surface area contributed by atoms with Crippen molar-refractivity contribution < 1.29 is 24.3 Å². The van der Waals surface area contributed by atoms with Crippen LogP contribution in [-0.4, -0.2) is 42.2 Å². The van der Waals surface area contributed by atoms with Crippen LogP contribution in [0.15, 0.2) is 12.1 Å². The number of nitro groups is 1. The molecule has 1 rings (SSSR count). The van der Waals surface area contributed by atoms with Gasteiger partial charge in [-0.25, -0.2) is 0 Å². The number of carbonyl (C=O) groups is 1. The van der Waals surface area contributed by atoms with Crippen LogP contribution >= 0.6 is 0 Å². The molecule has 1 aromatic carbocycles. The van der Waals surface area contributed by atoms with Gasteiger partial charge in [-0.3, -0.25) is 14.9 Å². The number of ether oxygens (including phenoxy) is 2. The molecule has 9 nitrogen and oxygen atoms in total. The highest BCUT2D eigenvalue weighted by atomic mass is 16.6. The third-order valence-corrected chi connectivity index (χ3v) is 3.08. The van der Waals surface area contributed by atoms with Crippen molar-refractivity contribution in [3.8, 4) is 11.5 Å². The van der Waals surface area contributed by atoms with E-state index in [1.807, 2.05) is 0 Å². The fourth-order valence-corrected chi connectivity index (χ4v) is 1.98. The maximum absolute atomic E-state index is 11.4. The molecule has 0 bridgehead atoms. The van der Waals surface area contributed by atoms with Crippen molar-refractivity contribution in [2.45, 2.75) is 26.4 Å². The van der Waals surface area contributed by atoms with Crippen molar-refractivity contribution in [2.75, 3.05) is 26.3 Å². The summed E-state index contributed by atoms with van der Waals surface area (Å²) < 4.78 is 10.9. The Morgan fingerprint density at radius 1 is 1.38 bits per heavy atom. The average molecular weight is 341 g/mol. The largest absolute Gasteiger partial charge is 0.490 e. The number of carbonyl (C=O) groups excluding carboxylic acids is 1. The fourth-order valence-electron chi connectivity index (χ4n) is 1.98. The molecule has 0 aliphatic rings. The van der Waals surface area contributed by atoms with Crippen molar-refractivity contribution in [1.29, 1.82) is 0 Å². The van der Waals surface area contributed by atoms with Gasteiger partial charge in [-0.2, -0.15) is 0 Å². The number of benzene rings is 1. The molecule has 0 radical (unpaired) electrons. The first kappa shape index (κ1) is 19.7. The lowest BCUT2D eigenvalue weighted by molar-refractivity contribution is -0.385. The SMILES string of the molecule is CCOc1cc(CO)c([N+](=O)[O-])cc1OCCCC(=O)NCCN. The lowest BCUT2D eigenvalue weighted by Gasteiger charge is -2.13. The molecule has 0 aliphatic carbocycles. The van der Waals surface area contributed by atoms with E-state index in [9.17, 15) is 20.0 Å². The van der Waals surface area contributed by atoms with E-state index < -0.39 is 11.5 Å². The average Bonchev–Trinajstić information content (AvgIpc) is 2.57. The number of nitrogens with two attached hydrogens (primary N) is 1. The van der Waals surface area contributed by atoms with Crippen LogP contribution in [0.1, 0.15) is 25.3 Å². The second-order valence-corrected chi connectivity index (χ2v) is 4.87. The van der Waals surface area contributed by atoms with E-state index in [0.717, 1.165) is 0 Å². The first-order valence-electron chi connectivity index (χ1n) is 7.68. The molecule has 9 heteroatoms. The van der Waals surface area contributed by atoms with Crippen LogP contribution in [-0.2, 0) is 11.4 Å². The Labute approximate surface area is 139 Å². The van der Waals surface area contributed by atoms with Gasteiger partial charge < -0.3 is 25.6 Å². The van der Waals surface area contributed by atoms with Crippen LogP contribution in [0.3, 0.4) is 0 Å². The lowest BCUT2D eigenvalue weighted by atomic mass is 10.1. The van der Waals surface area contributed by atoms with Gasteiger partial charge in [0.1, 0.15) is 0 Å². The number of nitro benzene ring substituents is 1. The standard InChI is InChI=1S/C15H23N3O6/c1-2-23-13-8-11(10-19)12(18(21)22)9-14(13)24-7-3-4-15(20)17-6-5-16/h8-9,19H,2-7,10,16H2,1H3,(H,17,20). The molecule has 24 heavy (non-hydrogen) atoms. The first-order chi connectivity index (χ1) is 11.5. The summed E-state index contributed by atoms with van der Waals surface area (Å²) in [5.74, 6) is 0.401. The number of aliphatic hydroxyl groups is 1. The van der Waals surface area contributed by atoms with Gasteiger partial charge >= 0.3 is 0 Å². The Kier molecular flexibility index (Phi) is 8.52. The molecular weight excluding hydrogens is 318 g/mol. The smallest absolute Gasteiger partial charge is 0.278 e. The molecular formula is C15H23N3O6. The Hall–Kier alpha value is -2.39. The van der Waals surface area contributed by atoms with Crippen LogP contribution in [0.5, 0.6) is 11.5 Å². The fraction of sp³-hybridized carbons (Fsp3) is 0.533. The molecule has 0 atom stereocenters. The summed E-state index contributed by atoms with van der Waals surface area (Å²) in [5.41, 5.74) is 5.20. The van der Waals surface area contributed by atoms with Gasteiger partial charge in [-0.1, -0.05) is 0 Å². The minimum Gasteiger partial charge on any atom is -0.490 e. The summed E-state index contributed by atoms with van der Waals surface area (Å²) in [4.78, 5) is 21.9. The van der Waals surface area contributed by atoms with Gasteiger partial charge in [-0.05, 0) is 19.4 Å². The minimum atomic E-state index is -0.589. The predicted molar refractivity (Wildman–Crippen MR) is 87.0 cm³/mol. The summed E-state index contributed by atoms with van der Waals surface area (Å²) in [6.07, 6.45) is 0.707. The quantitative estimate of drug-likeness (QED) is 0.306. The predicted octanol–water partition coefficient (Wildman–Crippen LogP) is 0.720. The molecule has 0 heterocycles. The number of amides is 1. The zero-order valence-electron chi connectivity index (χ0n) is 13.6. The van der Waals surface area contributed by atoms with Gasteiger partial charge in [0.05, 0.1) is 36.4 Å². The van der Waals surface area contributed by atoms with Gasteiger partial charge in [0, 0.05) is 19.5 Å². The second kappa shape index (κ2) is 10.4. The summed E-state index contributed by atoms with van der Waals surface area (Å²) in [6, 6.07) is 2.62. The molecule has 0 spiro atoms. The highest BCUT2D eigenvalue weighted by molar-refractivity contribution is 5.75. The topological polar surface area (TPSA) is 137 Å². The molecule has 1 amide bonds. The van der Waals surface area contributed by atoms with E-state index in [-0.39, 0.29) is 35.9 Å². The Morgan fingerprint density at radius 3 is 2.67 bits per heavy atom. The monoisotopic (exact) mass is 341 g/mol. The first-order valence-corrected chi connectivity index (χ1v) is 7.68. The number of hydrogen-bond acceptors (Lipinski definition) is 7. The molecule has 134 valence electrons. The lowest BCUT2D eigenvalue weighted by Crippen LogP contribution is -2.29. The molecule has 1 aromatic rings. The Morgan fingerprint density at radius 2 is 2.08 bits per heavy atom. The number of nitrogens with zero attached hydrogens (tertiary/aromatic N) is 1. The van der Waals surface area contributed by atoms with Gasteiger partial charge in [0.25, 0.3) is 5.69 Å². The van der Waals surface area contributed by atoms with Crippen molar-refractivity contribution >= 4 is 11.6 Å². The van der Waals surface area contributed by atoms with Crippen LogP contribution in [0.4, 0.5) is 5.69 Å². The molecule has 0 saturated heterocycles. The van der Waals surface area contributed by atoms with Crippen LogP contribution in [0.25, 0.3) is 0 Å². The third-order valence-electron chi connectivity index (χ3n) is 3.08. The summed E-state index contributed by atoms with van der Waals surface area (Å²) in [7, 11) is 0. The summed E-state index contributed by atoms with van der Waals surface area (Å²) in [6.45, 7) is 2.64. The van der Waals surface area contributed by atoms with Gasteiger partial charge in [0.15, 0.2) is 11.5 Å². The maximum Gasteiger partial charge on any atom is 0.278 e. The number of nitrogens with one attached hydrogen (secondary N) is 1.